The lowest BCUT2D eigenvalue weighted by Crippen LogP contribution is -2.50. The maximum atomic E-state index is 12.6. The molecule has 0 radical (unpaired) electrons. The van der Waals surface area contributed by atoms with Crippen LogP contribution in [0.25, 0.3) is 0 Å². The minimum absolute atomic E-state index is 0.285. The first kappa shape index (κ1) is 50.0. The Bertz CT molecular complexity index is 880. The van der Waals surface area contributed by atoms with Gasteiger partial charge in [-0.1, -0.05) is 225 Å². The Kier molecular flexibility index (Phi) is 36.7. The molecular formula is C43H85NO6S. The van der Waals surface area contributed by atoms with Gasteiger partial charge in [0.1, 0.15) is 6.10 Å². The molecule has 0 spiro atoms. The van der Waals surface area contributed by atoms with Crippen molar-refractivity contribution in [2.75, 3.05) is 5.75 Å². The zero-order valence-electron chi connectivity index (χ0n) is 33.6. The summed E-state index contributed by atoms with van der Waals surface area (Å²) < 4.78 is 32.5. The van der Waals surface area contributed by atoms with Crippen molar-refractivity contribution >= 4 is 16.0 Å². The van der Waals surface area contributed by atoms with Gasteiger partial charge in [-0.05, 0) is 19.3 Å². The van der Waals surface area contributed by atoms with E-state index in [4.69, 9.17) is 0 Å². The molecule has 0 rings (SSSR count). The molecule has 0 aromatic carbocycles. The summed E-state index contributed by atoms with van der Waals surface area (Å²) in [6.07, 6.45) is 42.7. The zero-order valence-corrected chi connectivity index (χ0v) is 34.4. The number of unbranched alkanes of at least 4 members (excludes halogenated alkanes) is 31. The molecule has 0 aliphatic heterocycles. The minimum atomic E-state index is -4.44. The molecule has 0 aliphatic rings. The van der Waals surface area contributed by atoms with E-state index in [2.05, 4.69) is 19.2 Å². The van der Waals surface area contributed by atoms with Gasteiger partial charge in [-0.3, -0.25) is 9.35 Å². The van der Waals surface area contributed by atoms with Crippen molar-refractivity contribution in [3.63, 3.8) is 0 Å². The number of aliphatic hydroxyl groups excluding tert-OH is 2. The molecule has 3 atom stereocenters. The van der Waals surface area contributed by atoms with E-state index in [-0.39, 0.29) is 6.42 Å². The van der Waals surface area contributed by atoms with Gasteiger partial charge in [-0.2, -0.15) is 8.42 Å². The molecule has 7 nitrogen and oxygen atoms in total. The summed E-state index contributed by atoms with van der Waals surface area (Å²) in [5.41, 5.74) is 0. The van der Waals surface area contributed by atoms with Crippen LogP contribution in [0.15, 0.2) is 12.2 Å². The van der Waals surface area contributed by atoms with Crippen molar-refractivity contribution in [3.8, 4) is 0 Å². The number of aliphatic hydroxyl groups is 2. The first-order valence-electron chi connectivity index (χ1n) is 22.0. The molecule has 0 aliphatic carbocycles. The smallest absolute Gasteiger partial charge is 0.267 e. The van der Waals surface area contributed by atoms with Crippen molar-refractivity contribution < 1.29 is 28.0 Å². The standard InChI is InChI=1S/C43H85NO6S/c1-3-5-7-9-11-13-15-17-18-19-20-21-22-23-24-26-27-29-31-33-35-37-41(45)40(39-51(48,49)50)44-43(47)42(46)38-36-34-32-30-28-25-16-14-12-10-8-6-4-2/h35,37,40-42,45-46H,3-34,36,38-39H2,1-2H3,(H,44,47)(H,48,49,50)/b37-35+. The van der Waals surface area contributed by atoms with E-state index in [1.807, 2.05) is 6.08 Å². The van der Waals surface area contributed by atoms with Gasteiger partial charge < -0.3 is 15.5 Å². The van der Waals surface area contributed by atoms with Crippen molar-refractivity contribution in [2.24, 2.45) is 0 Å². The molecule has 3 unspecified atom stereocenters. The molecule has 0 bridgehead atoms. The predicted molar refractivity (Wildman–Crippen MR) is 218 cm³/mol. The number of carbonyl (C=O) groups excluding carboxylic acids is 1. The van der Waals surface area contributed by atoms with E-state index < -0.39 is 40.0 Å². The highest BCUT2D eigenvalue weighted by Crippen LogP contribution is 2.16. The summed E-state index contributed by atoms with van der Waals surface area (Å²) in [6, 6.07) is -1.23. The second kappa shape index (κ2) is 37.4. The molecular weight excluding hydrogens is 659 g/mol. The lowest BCUT2D eigenvalue weighted by molar-refractivity contribution is -0.130. The van der Waals surface area contributed by atoms with Crippen molar-refractivity contribution in [3.05, 3.63) is 12.2 Å². The lowest BCUT2D eigenvalue weighted by atomic mass is 10.0. The lowest BCUT2D eigenvalue weighted by Gasteiger charge is -2.22. The largest absolute Gasteiger partial charge is 0.387 e. The van der Waals surface area contributed by atoms with Crippen LogP contribution in [-0.4, -0.2) is 53.1 Å². The van der Waals surface area contributed by atoms with Gasteiger partial charge in [-0.15, -0.1) is 0 Å². The molecule has 0 aromatic heterocycles. The van der Waals surface area contributed by atoms with Crippen LogP contribution in [0.3, 0.4) is 0 Å². The SMILES string of the molecule is CCCCCCCCCCCCCCCCCCCCC/C=C/C(O)C(CS(=O)(=O)O)NC(=O)C(O)CCCCCCCCCCCCCCC. The normalized spacial score (nSPS) is 13.9. The maximum absolute atomic E-state index is 12.6. The van der Waals surface area contributed by atoms with Crippen molar-refractivity contribution in [2.45, 2.75) is 250 Å². The minimum Gasteiger partial charge on any atom is -0.387 e. The fourth-order valence-electron chi connectivity index (χ4n) is 6.93. The summed E-state index contributed by atoms with van der Waals surface area (Å²) in [5.74, 6) is -1.52. The van der Waals surface area contributed by atoms with Crippen LogP contribution in [0.2, 0.25) is 0 Å². The number of allylic oxidation sites excluding steroid dienone is 1. The number of nitrogens with one attached hydrogen (secondary N) is 1. The van der Waals surface area contributed by atoms with Crippen molar-refractivity contribution in [1.29, 1.82) is 0 Å². The van der Waals surface area contributed by atoms with E-state index >= 15 is 0 Å². The molecule has 0 heterocycles. The third-order valence-corrected chi connectivity index (χ3v) is 11.1. The van der Waals surface area contributed by atoms with Crippen LogP contribution in [0.5, 0.6) is 0 Å². The summed E-state index contributed by atoms with van der Waals surface area (Å²) in [5, 5.41) is 23.4. The monoisotopic (exact) mass is 744 g/mol. The third kappa shape index (κ3) is 37.2. The Hall–Kier alpha value is -0.960. The van der Waals surface area contributed by atoms with E-state index in [9.17, 15) is 28.0 Å². The van der Waals surface area contributed by atoms with Crippen LogP contribution < -0.4 is 5.32 Å². The summed E-state index contributed by atoms with van der Waals surface area (Å²) in [6.45, 7) is 4.52. The molecule has 0 saturated heterocycles. The zero-order chi connectivity index (χ0) is 37.7. The van der Waals surface area contributed by atoms with E-state index in [0.717, 1.165) is 38.5 Å². The maximum Gasteiger partial charge on any atom is 0.267 e. The van der Waals surface area contributed by atoms with Crippen LogP contribution in [0.1, 0.15) is 232 Å². The molecule has 4 N–H and O–H groups in total. The van der Waals surface area contributed by atoms with Gasteiger partial charge in [0.15, 0.2) is 0 Å². The second-order valence-electron chi connectivity index (χ2n) is 15.5. The molecule has 0 fully saturated rings. The molecule has 0 aromatic rings. The average molecular weight is 744 g/mol. The molecule has 0 saturated carbocycles. The van der Waals surface area contributed by atoms with Crippen LogP contribution in [0.4, 0.5) is 0 Å². The number of hydrogen-bond acceptors (Lipinski definition) is 5. The quantitative estimate of drug-likeness (QED) is 0.0281. The topological polar surface area (TPSA) is 124 Å². The Labute approximate surface area is 316 Å². The first-order chi connectivity index (χ1) is 24.7. The third-order valence-electron chi connectivity index (χ3n) is 10.3. The average Bonchev–Trinajstić information content (AvgIpc) is 3.09. The fourth-order valence-corrected chi connectivity index (χ4v) is 7.66. The Morgan fingerprint density at radius 2 is 0.843 bits per heavy atom. The Morgan fingerprint density at radius 3 is 1.18 bits per heavy atom. The van der Waals surface area contributed by atoms with Gasteiger partial charge in [-0.25, -0.2) is 0 Å². The van der Waals surface area contributed by atoms with Crippen LogP contribution in [-0.2, 0) is 14.9 Å². The number of amides is 1. The predicted octanol–water partition coefficient (Wildman–Crippen LogP) is 11.9. The van der Waals surface area contributed by atoms with Crippen LogP contribution in [0, 0.1) is 0 Å². The van der Waals surface area contributed by atoms with Gasteiger partial charge in [0, 0.05) is 0 Å². The van der Waals surface area contributed by atoms with E-state index in [1.54, 1.807) is 0 Å². The number of rotatable bonds is 40. The molecule has 8 heteroatoms. The summed E-state index contributed by atoms with van der Waals surface area (Å²) in [4.78, 5) is 12.6. The van der Waals surface area contributed by atoms with E-state index in [1.165, 1.54) is 173 Å². The number of carbonyl (C=O) groups is 1. The van der Waals surface area contributed by atoms with Crippen LogP contribution >= 0.6 is 0 Å². The molecule has 1 amide bonds. The first-order valence-corrected chi connectivity index (χ1v) is 23.6. The van der Waals surface area contributed by atoms with Gasteiger partial charge in [0.05, 0.1) is 17.9 Å². The Balaban J connectivity index is 3.95. The van der Waals surface area contributed by atoms with Gasteiger partial charge in [0.25, 0.3) is 10.1 Å². The molecule has 304 valence electrons. The van der Waals surface area contributed by atoms with Gasteiger partial charge in [0.2, 0.25) is 5.91 Å². The highest BCUT2D eigenvalue weighted by atomic mass is 32.2. The highest BCUT2D eigenvalue weighted by molar-refractivity contribution is 7.85. The van der Waals surface area contributed by atoms with Crippen molar-refractivity contribution in [1.82, 2.24) is 5.32 Å². The van der Waals surface area contributed by atoms with Gasteiger partial charge >= 0.3 is 0 Å². The summed E-state index contributed by atoms with van der Waals surface area (Å²) in [7, 11) is -4.44. The second-order valence-corrected chi connectivity index (χ2v) is 17.0. The number of hydrogen-bond donors (Lipinski definition) is 4. The molecule has 51 heavy (non-hydrogen) atoms. The Morgan fingerprint density at radius 1 is 0.529 bits per heavy atom. The summed E-state index contributed by atoms with van der Waals surface area (Å²) >= 11 is 0. The highest BCUT2D eigenvalue weighted by Gasteiger charge is 2.27. The van der Waals surface area contributed by atoms with E-state index in [0.29, 0.717) is 6.42 Å². The fraction of sp³-hybridized carbons (Fsp3) is 0.930.